The molecule has 0 saturated carbocycles. The van der Waals surface area contributed by atoms with Crippen LogP contribution >= 0.6 is 15.9 Å². The van der Waals surface area contributed by atoms with Crippen molar-refractivity contribution in [3.8, 4) is 17.2 Å². The highest BCUT2D eigenvalue weighted by molar-refractivity contribution is 9.10. The second kappa shape index (κ2) is 9.17. The average molecular weight is 470 g/mol. The third-order valence-corrected chi connectivity index (χ3v) is 5.91. The number of carbonyl (C=O) groups is 1. The van der Waals surface area contributed by atoms with Crippen molar-refractivity contribution in [1.29, 1.82) is 0 Å². The summed E-state index contributed by atoms with van der Waals surface area (Å²) in [6.07, 6.45) is 1.65. The van der Waals surface area contributed by atoms with Crippen LogP contribution in [0.1, 0.15) is 32.9 Å². The van der Waals surface area contributed by atoms with Gasteiger partial charge in [0.15, 0.2) is 11.5 Å². The van der Waals surface area contributed by atoms with Crippen LogP contribution in [0.3, 0.4) is 0 Å². The zero-order chi connectivity index (χ0) is 21.8. The van der Waals surface area contributed by atoms with Gasteiger partial charge >= 0.3 is 0 Å². The lowest BCUT2D eigenvalue weighted by Crippen LogP contribution is -2.17. The number of rotatable bonds is 6. The van der Waals surface area contributed by atoms with Crippen molar-refractivity contribution in [1.82, 2.24) is 9.99 Å². The maximum atomic E-state index is 12.5. The summed E-state index contributed by atoms with van der Waals surface area (Å²) < 4.78 is 13.5. The van der Waals surface area contributed by atoms with Gasteiger partial charge in [-0.15, -0.1) is 0 Å². The summed E-state index contributed by atoms with van der Waals surface area (Å²) in [6, 6.07) is 13.3. The van der Waals surface area contributed by atoms with Crippen molar-refractivity contribution in [3.05, 3.63) is 75.0 Å². The smallest absolute Gasteiger partial charge is 0.271 e. The first-order valence-electron chi connectivity index (χ1n) is 9.37. The number of nitrogens with zero attached hydrogens (tertiary/aromatic N) is 2. The predicted octanol–water partition coefficient (Wildman–Crippen LogP) is 4.95. The monoisotopic (exact) mass is 469 g/mol. The molecule has 1 heterocycles. The minimum atomic E-state index is -0.337. The molecule has 1 aromatic heterocycles. The number of methoxy groups -OCH3 is 2. The zero-order valence-electron chi connectivity index (χ0n) is 17.6. The zero-order valence-corrected chi connectivity index (χ0v) is 19.2. The number of aryl methyl sites for hydroxylation is 1. The number of carbonyl (C=O) groups excluding carboxylic acids is 1. The van der Waals surface area contributed by atoms with Crippen LogP contribution in [0.15, 0.2) is 52.0 Å². The van der Waals surface area contributed by atoms with Crippen LogP contribution < -0.4 is 14.9 Å². The van der Waals surface area contributed by atoms with Gasteiger partial charge in [-0.1, -0.05) is 17.7 Å². The highest BCUT2D eigenvalue weighted by Gasteiger charge is 2.16. The molecule has 0 bridgehead atoms. The minimum absolute atomic E-state index is 0.337. The normalized spacial score (nSPS) is 11.0. The van der Waals surface area contributed by atoms with Gasteiger partial charge in [0.05, 0.1) is 20.4 Å². The maximum absolute atomic E-state index is 12.5. The quantitative estimate of drug-likeness (QED) is 0.410. The molecule has 1 amide bonds. The van der Waals surface area contributed by atoms with Gasteiger partial charge < -0.3 is 14.0 Å². The summed E-state index contributed by atoms with van der Waals surface area (Å²) >= 11 is 3.66. The molecule has 0 atom stereocenters. The molecule has 0 aliphatic heterocycles. The Morgan fingerprint density at radius 1 is 1.00 bits per heavy atom. The molecular weight excluding hydrogens is 446 g/mol. The first-order valence-corrected chi connectivity index (χ1v) is 10.2. The van der Waals surface area contributed by atoms with E-state index in [0.717, 1.165) is 27.1 Å². The molecule has 0 unspecified atom stereocenters. The summed E-state index contributed by atoms with van der Waals surface area (Å²) in [5.74, 6) is 0.708. The molecule has 0 aliphatic rings. The SMILES string of the molecule is COc1ccc(C(=O)N/N=C\c2c(Br)c(C)n(-c3ccc(C)cc3)c2C)cc1OC. The van der Waals surface area contributed by atoms with E-state index in [1.54, 1.807) is 31.5 Å². The van der Waals surface area contributed by atoms with Crippen LogP contribution in [-0.2, 0) is 0 Å². The lowest BCUT2D eigenvalue weighted by Gasteiger charge is -2.09. The lowest BCUT2D eigenvalue weighted by molar-refractivity contribution is 0.0954. The molecule has 0 radical (unpaired) electrons. The van der Waals surface area contributed by atoms with Gasteiger partial charge in [-0.25, -0.2) is 5.43 Å². The van der Waals surface area contributed by atoms with Crippen LogP contribution in [-0.4, -0.2) is 30.9 Å². The minimum Gasteiger partial charge on any atom is -0.493 e. The molecule has 6 nitrogen and oxygen atoms in total. The molecule has 0 fully saturated rings. The van der Waals surface area contributed by atoms with Crippen molar-refractivity contribution < 1.29 is 14.3 Å². The first-order chi connectivity index (χ1) is 14.4. The van der Waals surface area contributed by atoms with Crippen molar-refractivity contribution >= 4 is 28.1 Å². The average Bonchev–Trinajstić information content (AvgIpc) is 2.96. The van der Waals surface area contributed by atoms with E-state index < -0.39 is 0 Å². The fourth-order valence-electron chi connectivity index (χ4n) is 3.25. The van der Waals surface area contributed by atoms with Gasteiger partial charge in [-0.3, -0.25) is 4.79 Å². The second-order valence-corrected chi connectivity index (χ2v) is 7.63. The fourth-order valence-corrected chi connectivity index (χ4v) is 3.82. The molecule has 156 valence electrons. The van der Waals surface area contributed by atoms with Crippen LogP contribution in [0, 0.1) is 20.8 Å². The van der Waals surface area contributed by atoms with Crippen molar-refractivity contribution in [3.63, 3.8) is 0 Å². The van der Waals surface area contributed by atoms with E-state index in [9.17, 15) is 4.79 Å². The van der Waals surface area contributed by atoms with Crippen molar-refractivity contribution in [2.45, 2.75) is 20.8 Å². The van der Waals surface area contributed by atoms with Crippen LogP contribution in [0.2, 0.25) is 0 Å². The molecule has 1 N–H and O–H groups in total. The van der Waals surface area contributed by atoms with Gasteiger partial charge in [0.1, 0.15) is 0 Å². The molecule has 30 heavy (non-hydrogen) atoms. The van der Waals surface area contributed by atoms with Crippen LogP contribution in [0.4, 0.5) is 0 Å². The largest absolute Gasteiger partial charge is 0.493 e. The van der Waals surface area contributed by atoms with E-state index >= 15 is 0 Å². The summed E-state index contributed by atoms with van der Waals surface area (Å²) in [5, 5.41) is 4.16. The molecular formula is C23H24BrN3O3. The number of benzene rings is 2. The Kier molecular flexibility index (Phi) is 6.62. The van der Waals surface area contributed by atoms with Gasteiger partial charge in [-0.05, 0) is 67.0 Å². The number of amides is 1. The second-order valence-electron chi connectivity index (χ2n) is 6.84. The fraction of sp³-hybridized carbons (Fsp3) is 0.217. The standard InChI is InChI=1S/C23H24BrN3O3/c1-14-6-9-18(10-7-14)27-15(2)19(22(24)16(27)3)13-25-26-23(28)17-8-11-20(29-4)21(12-17)30-5/h6-13H,1-5H3,(H,26,28)/b25-13-. The van der Waals surface area contributed by atoms with Gasteiger partial charge in [0.2, 0.25) is 0 Å². The number of halogens is 1. The molecule has 0 spiro atoms. The Bertz CT molecular complexity index is 1100. The molecule has 0 aliphatic carbocycles. The molecule has 3 aromatic rings. The highest BCUT2D eigenvalue weighted by atomic mass is 79.9. The topological polar surface area (TPSA) is 64.8 Å². The van der Waals surface area contributed by atoms with Crippen LogP contribution in [0.5, 0.6) is 11.5 Å². The van der Waals surface area contributed by atoms with E-state index in [2.05, 4.69) is 62.2 Å². The summed E-state index contributed by atoms with van der Waals surface area (Å²) in [6.45, 7) is 6.12. The third-order valence-electron chi connectivity index (χ3n) is 4.91. The van der Waals surface area contributed by atoms with Gasteiger partial charge in [-0.2, -0.15) is 5.10 Å². The Hall–Kier alpha value is -3.06. The number of ether oxygens (including phenoxy) is 2. The van der Waals surface area contributed by atoms with E-state index in [0.29, 0.717) is 17.1 Å². The van der Waals surface area contributed by atoms with Crippen molar-refractivity contribution in [2.75, 3.05) is 14.2 Å². The third kappa shape index (κ3) is 4.26. The van der Waals surface area contributed by atoms with E-state index in [-0.39, 0.29) is 5.91 Å². The number of aromatic nitrogens is 1. The van der Waals surface area contributed by atoms with E-state index in [1.165, 1.54) is 12.7 Å². The molecule has 3 rings (SSSR count). The highest BCUT2D eigenvalue weighted by Crippen LogP contribution is 2.30. The number of nitrogens with one attached hydrogen (secondary N) is 1. The lowest BCUT2D eigenvalue weighted by atomic mass is 10.2. The first kappa shape index (κ1) is 21.6. The summed E-state index contributed by atoms with van der Waals surface area (Å²) in [5.41, 5.74) is 8.26. The number of hydrogen-bond acceptors (Lipinski definition) is 4. The van der Waals surface area contributed by atoms with Crippen molar-refractivity contribution in [2.24, 2.45) is 5.10 Å². The molecule has 0 saturated heterocycles. The number of hydrogen-bond donors (Lipinski definition) is 1. The van der Waals surface area contributed by atoms with Crippen LogP contribution in [0.25, 0.3) is 5.69 Å². The van der Waals surface area contributed by atoms with Gasteiger partial charge in [0, 0.05) is 32.7 Å². The molecule has 7 heteroatoms. The Labute approximate surface area is 184 Å². The maximum Gasteiger partial charge on any atom is 0.271 e. The van der Waals surface area contributed by atoms with E-state index in [4.69, 9.17) is 9.47 Å². The Morgan fingerprint density at radius 3 is 2.30 bits per heavy atom. The van der Waals surface area contributed by atoms with Gasteiger partial charge in [0.25, 0.3) is 5.91 Å². The van der Waals surface area contributed by atoms with E-state index in [1.807, 2.05) is 13.8 Å². The Balaban J connectivity index is 1.82. The summed E-state index contributed by atoms with van der Waals surface area (Å²) in [4.78, 5) is 12.5. The molecule has 2 aromatic carbocycles. The predicted molar refractivity (Wildman–Crippen MR) is 122 cm³/mol. The number of hydrazone groups is 1. The Morgan fingerprint density at radius 2 is 1.67 bits per heavy atom. The summed E-state index contributed by atoms with van der Waals surface area (Å²) in [7, 11) is 3.08.